The highest BCUT2D eigenvalue weighted by atomic mass is 16.5. The molecule has 0 aromatic carbocycles. The maximum absolute atomic E-state index is 10.0. The lowest BCUT2D eigenvalue weighted by Crippen LogP contribution is -2.43. The molecule has 0 aromatic heterocycles. The SMILES string of the molecule is NC(=O)C(N)CNO. The van der Waals surface area contributed by atoms with E-state index in [1.54, 1.807) is 5.48 Å². The summed E-state index contributed by atoms with van der Waals surface area (Å²) in [5.74, 6) is -0.633. The minimum absolute atomic E-state index is 0.00463. The Kier molecular flexibility index (Phi) is 3.09. The van der Waals surface area contributed by atoms with Crippen LogP contribution in [0, 0.1) is 0 Å². The third-order valence-electron chi connectivity index (χ3n) is 0.677. The van der Waals surface area contributed by atoms with Crippen molar-refractivity contribution in [3.8, 4) is 0 Å². The lowest BCUT2D eigenvalue weighted by molar-refractivity contribution is -0.119. The van der Waals surface area contributed by atoms with Crippen LogP contribution in [-0.4, -0.2) is 23.7 Å². The fourth-order valence-corrected chi connectivity index (χ4v) is 0.199. The zero-order valence-corrected chi connectivity index (χ0v) is 4.29. The number of hydroxylamine groups is 1. The zero-order valence-electron chi connectivity index (χ0n) is 4.29. The van der Waals surface area contributed by atoms with E-state index >= 15 is 0 Å². The fourth-order valence-electron chi connectivity index (χ4n) is 0.199. The Morgan fingerprint density at radius 3 is 2.50 bits per heavy atom. The Morgan fingerprint density at radius 2 is 2.38 bits per heavy atom. The van der Waals surface area contributed by atoms with Gasteiger partial charge in [0, 0.05) is 6.54 Å². The zero-order chi connectivity index (χ0) is 6.57. The first-order chi connectivity index (χ1) is 3.68. The molecule has 1 atom stereocenters. The highest BCUT2D eigenvalue weighted by Crippen LogP contribution is 1.68. The predicted octanol–water partition coefficient (Wildman–Crippen LogP) is -2.22. The van der Waals surface area contributed by atoms with E-state index in [-0.39, 0.29) is 6.54 Å². The van der Waals surface area contributed by atoms with E-state index in [0.29, 0.717) is 0 Å². The Balaban J connectivity index is 3.32. The summed E-state index contributed by atoms with van der Waals surface area (Å²) in [7, 11) is 0. The van der Waals surface area contributed by atoms with Crippen LogP contribution in [0.5, 0.6) is 0 Å². The first-order valence-corrected chi connectivity index (χ1v) is 2.10. The molecule has 1 unspecified atom stereocenters. The summed E-state index contributed by atoms with van der Waals surface area (Å²) < 4.78 is 0. The van der Waals surface area contributed by atoms with Crippen molar-refractivity contribution >= 4 is 5.91 Å². The fraction of sp³-hybridized carbons (Fsp3) is 0.667. The molecular weight excluding hydrogens is 110 g/mol. The number of nitrogens with one attached hydrogen (secondary N) is 1. The van der Waals surface area contributed by atoms with Gasteiger partial charge in [-0.05, 0) is 0 Å². The predicted molar refractivity (Wildman–Crippen MR) is 27.0 cm³/mol. The lowest BCUT2D eigenvalue weighted by atomic mass is 10.3. The third-order valence-corrected chi connectivity index (χ3v) is 0.677. The highest BCUT2D eigenvalue weighted by Gasteiger charge is 2.05. The molecule has 0 aliphatic heterocycles. The number of amides is 1. The summed E-state index contributed by atoms with van der Waals surface area (Å²) >= 11 is 0. The summed E-state index contributed by atoms with van der Waals surface area (Å²) in [5, 5.41) is 7.95. The van der Waals surface area contributed by atoms with Gasteiger partial charge in [0.25, 0.3) is 0 Å². The minimum Gasteiger partial charge on any atom is -0.368 e. The van der Waals surface area contributed by atoms with Crippen molar-refractivity contribution in [1.82, 2.24) is 5.48 Å². The van der Waals surface area contributed by atoms with Crippen molar-refractivity contribution in [3.63, 3.8) is 0 Å². The third kappa shape index (κ3) is 2.51. The molecule has 0 aliphatic rings. The topological polar surface area (TPSA) is 101 Å². The van der Waals surface area contributed by atoms with E-state index in [2.05, 4.69) is 0 Å². The van der Waals surface area contributed by atoms with Crippen LogP contribution < -0.4 is 16.9 Å². The monoisotopic (exact) mass is 119 g/mol. The van der Waals surface area contributed by atoms with Gasteiger partial charge in [0.05, 0.1) is 6.04 Å². The van der Waals surface area contributed by atoms with Gasteiger partial charge in [0.2, 0.25) is 5.91 Å². The van der Waals surface area contributed by atoms with Crippen molar-refractivity contribution < 1.29 is 10.0 Å². The van der Waals surface area contributed by atoms with Gasteiger partial charge in [-0.2, -0.15) is 0 Å². The molecule has 5 heteroatoms. The largest absolute Gasteiger partial charge is 0.368 e. The number of hydrogen-bond acceptors (Lipinski definition) is 4. The average molecular weight is 119 g/mol. The number of nitrogens with two attached hydrogens (primary N) is 2. The summed E-state index contributed by atoms with van der Waals surface area (Å²) in [6.45, 7) is -0.00463. The molecule has 0 radical (unpaired) electrons. The van der Waals surface area contributed by atoms with Crippen molar-refractivity contribution in [2.45, 2.75) is 6.04 Å². The molecule has 48 valence electrons. The van der Waals surface area contributed by atoms with Gasteiger partial charge in [-0.15, -0.1) is 0 Å². The molecule has 8 heavy (non-hydrogen) atoms. The van der Waals surface area contributed by atoms with Gasteiger partial charge >= 0.3 is 0 Å². The van der Waals surface area contributed by atoms with E-state index in [0.717, 1.165) is 0 Å². The quantitative estimate of drug-likeness (QED) is 0.316. The molecule has 0 saturated heterocycles. The lowest BCUT2D eigenvalue weighted by Gasteiger charge is -2.02. The summed E-state index contributed by atoms with van der Waals surface area (Å²) in [4.78, 5) is 10.0. The second kappa shape index (κ2) is 3.36. The molecule has 0 spiro atoms. The first kappa shape index (κ1) is 7.35. The van der Waals surface area contributed by atoms with Crippen LogP contribution in [0.25, 0.3) is 0 Å². The van der Waals surface area contributed by atoms with E-state index in [9.17, 15) is 4.79 Å². The Morgan fingerprint density at radius 1 is 1.88 bits per heavy atom. The Bertz CT molecular complexity index is 84.6. The van der Waals surface area contributed by atoms with Gasteiger partial charge < -0.3 is 16.7 Å². The van der Waals surface area contributed by atoms with Crippen molar-refractivity contribution in [2.24, 2.45) is 11.5 Å². The highest BCUT2D eigenvalue weighted by molar-refractivity contribution is 5.79. The van der Waals surface area contributed by atoms with Gasteiger partial charge in [-0.3, -0.25) is 4.79 Å². The van der Waals surface area contributed by atoms with Crippen molar-refractivity contribution in [1.29, 1.82) is 0 Å². The van der Waals surface area contributed by atoms with Gasteiger partial charge in [0.15, 0.2) is 0 Å². The molecule has 0 aliphatic carbocycles. The van der Waals surface area contributed by atoms with Crippen LogP contribution in [-0.2, 0) is 4.79 Å². The maximum Gasteiger partial charge on any atom is 0.235 e. The molecular formula is C3H9N3O2. The summed E-state index contributed by atoms with van der Waals surface area (Å²) in [6, 6.07) is -0.806. The van der Waals surface area contributed by atoms with Crippen LogP contribution in [0.2, 0.25) is 0 Å². The smallest absolute Gasteiger partial charge is 0.235 e. The number of rotatable bonds is 3. The first-order valence-electron chi connectivity index (χ1n) is 2.10. The van der Waals surface area contributed by atoms with Gasteiger partial charge in [0.1, 0.15) is 0 Å². The Labute approximate surface area is 46.6 Å². The molecule has 6 N–H and O–H groups in total. The molecule has 0 bridgehead atoms. The van der Waals surface area contributed by atoms with Crippen LogP contribution >= 0.6 is 0 Å². The van der Waals surface area contributed by atoms with Crippen LogP contribution in [0.15, 0.2) is 0 Å². The molecule has 0 fully saturated rings. The second-order valence-electron chi connectivity index (χ2n) is 1.37. The van der Waals surface area contributed by atoms with Crippen LogP contribution in [0.1, 0.15) is 0 Å². The average Bonchev–Trinajstić information content (AvgIpc) is 1.67. The van der Waals surface area contributed by atoms with Gasteiger partial charge in [-0.1, -0.05) is 0 Å². The van der Waals surface area contributed by atoms with E-state index in [1.165, 1.54) is 0 Å². The number of carbonyl (C=O) groups is 1. The molecule has 5 nitrogen and oxygen atoms in total. The number of carbonyl (C=O) groups excluding carboxylic acids is 1. The minimum atomic E-state index is -0.806. The van der Waals surface area contributed by atoms with Crippen LogP contribution in [0.4, 0.5) is 0 Å². The normalized spacial score (nSPS) is 13.2. The molecule has 1 amide bonds. The van der Waals surface area contributed by atoms with Gasteiger partial charge in [-0.25, -0.2) is 5.48 Å². The Hall–Kier alpha value is -0.650. The number of primary amides is 1. The molecule has 0 aromatic rings. The molecule has 0 heterocycles. The number of hydrogen-bond donors (Lipinski definition) is 4. The molecule has 0 rings (SSSR count). The van der Waals surface area contributed by atoms with Crippen molar-refractivity contribution in [2.75, 3.05) is 6.54 Å². The van der Waals surface area contributed by atoms with E-state index in [4.69, 9.17) is 16.7 Å². The van der Waals surface area contributed by atoms with Crippen LogP contribution in [0.3, 0.4) is 0 Å². The van der Waals surface area contributed by atoms with Crippen molar-refractivity contribution in [3.05, 3.63) is 0 Å². The second-order valence-corrected chi connectivity index (χ2v) is 1.37. The standard InChI is InChI=1S/C3H9N3O2/c4-2(1-6-8)3(5)7/h2,6,8H,1,4H2,(H2,5,7). The molecule has 0 saturated carbocycles. The van der Waals surface area contributed by atoms with E-state index in [1.807, 2.05) is 0 Å². The summed E-state index contributed by atoms with van der Waals surface area (Å²) in [6.07, 6.45) is 0. The maximum atomic E-state index is 10.0. The van der Waals surface area contributed by atoms with E-state index < -0.39 is 11.9 Å². The summed E-state index contributed by atoms with van der Waals surface area (Å²) in [5.41, 5.74) is 11.5.